The van der Waals surface area contributed by atoms with Crippen LogP contribution in [0.2, 0.25) is 5.02 Å². The molecule has 1 aromatic rings. The number of piperidine rings is 1. The van der Waals surface area contributed by atoms with E-state index in [-0.39, 0.29) is 11.9 Å². The summed E-state index contributed by atoms with van der Waals surface area (Å²) in [6.45, 7) is 3.47. The first-order valence-corrected chi connectivity index (χ1v) is 7.24. The molecule has 106 valence electrons. The number of nitrogens with zero attached hydrogens (tertiary/aromatic N) is 2. The summed E-state index contributed by atoms with van der Waals surface area (Å²) < 4.78 is 0. The van der Waals surface area contributed by atoms with Gasteiger partial charge in [-0.3, -0.25) is 4.79 Å². The van der Waals surface area contributed by atoms with Crippen molar-refractivity contribution >= 4 is 23.2 Å². The maximum absolute atomic E-state index is 12.3. The Bertz CT molecular complexity index is 532. The molecule has 1 aromatic carbocycles. The fourth-order valence-electron chi connectivity index (χ4n) is 2.42. The van der Waals surface area contributed by atoms with E-state index in [0.717, 1.165) is 25.9 Å². The number of rotatable bonds is 3. The van der Waals surface area contributed by atoms with Gasteiger partial charge < -0.3 is 10.2 Å². The Labute approximate surface area is 124 Å². The average molecular weight is 292 g/mol. The average Bonchev–Trinajstić information content (AvgIpc) is 2.47. The van der Waals surface area contributed by atoms with Crippen LogP contribution in [0.5, 0.6) is 0 Å². The smallest absolute Gasteiger partial charge is 0.244 e. The number of anilines is 1. The van der Waals surface area contributed by atoms with Gasteiger partial charge in [-0.15, -0.1) is 0 Å². The normalized spacial score (nSPS) is 16.4. The zero-order valence-electron chi connectivity index (χ0n) is 11.5. The maximum Gasteiger partial charge on any atom is 0.244 e. The van der Waals surface area contributed by atoms with Crippen LogP contribution in [0.3, 0.4) is 0 Å². The number of hydrogen-bond acceptors (Lipinski definition) is 3. The summed E-state index contributed by atoms with van der Waals surface area (Å²) in [6, 6.07) is 6.74. The highest BCUT2D eigenvalue weighted by Crippen LogP contribution is 2.21. The van der Waals surface area contributed by atoms with Crippen LogP contribution in [-0.4, -0.2) is 29.9 Å². The Morgan fingerprint density at radius 2 is 2.10 bits per heavy atom. The molecule has 0 radical (unpaired) electrons. The van der Waals surface area contributed by atoms with Gasteiger partial charge in [-0.05, 0) is 44.4 Å². The molecule has 0 aliphatic carbocycles. The van der Waals surface area contributed by atoms with Gasteiger partial charge in [0.2, 0.25) is 5.91 Å². The third-order valence-electron chi connectivity index (χ3n) is 3.51. The molecule has 1 aliphatic rings. The molecule has 1 unspecified atom stereocenters. The fourth-order valence-corrected chi connectivity index (χ4v) is 2.59. The van der Waals surface area contributed by atoms with Crippen molar-refractivity contribution in [1.82, 2.24) is 4.90 Å². The number of hydrogen-bond donors (Lipinski definition) is 1. The number of amides is 1. The summed E-state index contributed by atoms with van der Waals surface area (Å²) >= 11 is 5.94. The molecule has 1 heterocycles. The first-order valence-electron chi connectivity index (χ1n) is 6.87. The van der Waals surface area contributed by atoms with Gasteiger partial charge in [0, 0.05) is 18.1 Å². The van der Waals surface area contributed by atoms with E-state index in [1.807, 2.05) is 11.8 Å². The second kappa shape index (κ2) is 6.62. The maximum atomic E-state index is 12.3. The zero-order chi connectivity index (χ0) is 14.5. The molecule has 0 aromatic heterocycles. The summed E-state index contributed by atoms with van der Waals surface area (Å²) in [6.07, 6.45) is 3.33. The van der Waals surface area contributed by atoms with Crippen LogP contribution in [0.4, 0.5) is 5.69 Å². The molecule has 5 heteroatoms. The number of halogens is 1. The lowest BCUT2D eigenvalue weighted by Crippen LogP contribution is -2.44. The molecule has 20 heavy (non-hydrogen) atoms. The predicted molar refractivity (Wildman–Crippen MR) is 79.7 cm³/mol. The Morgan fingerprint density at radius 3 is 2.75 bits per heavy atom. The number of carbonyl (C=O) groups excluding carboxylic acids is 1. The molecule has 0 spiro atoms. The largest absolute Gasteiger partial charge is 0.373 e. The number of nitrogens with one attached hydrogen (secondary N) is 1. The molecule has 1 fully saturated rings. The topological polar surface area (TPSA) is 56.1 Å². The SMILES string of the molecule is CC(Nc1cc(Cl)ccc1C#N)C(=O)N1CCCCC1. The highest BCUT2D eigenvalue weighted by molar-refractivity contribution is 6.30. The van der Waals surface area contributed by atoms with Crippen LogP contribution >= 0.6 is 11.6 Å². The van der Waals surface area contributed by atoms with E-state index >= 15 is 0 Å². The van der Waals surface area contributed by atoms with Crippen LogP contribution in [0.1, 0.15) is 31.7 Å². The van der Waals surface area contributed by atoms with Crippen molar-refractivity contribution in [3.05, 3.63) is 28.8 Å². The number of nitriles is 1. The minimum absolute atomic E-state index is 0.0774. The van der Waals surface area contributed by atoms with Crippen LogP contribution in [0, 0.1) is 11.3 Å². The van der Waals surface area contributed by atoms with Crippen LogP contribution < -0.4 is 5.32 Å². The van der Waals surface area contributed by atoms with E-state index in [2.05, 4.69) is 11.4 Å². The van der Waals surface area contributed by atoms with Crippen LogP contribution in [0.15, 0.2) is 18.2 Å². The van der Waals surface area contributed by atoms with E-state index in [4.69, 9.17) is 16.9 Å². The Kier molecular flexibility index (Phi) is 4.86. The molecule has 1 amide bonds. The van der Waals surface area contributed by atoms with E-state index < -0.39 is 0 Å². The van der Waals surface area contributed by atoms with Crippen molar-refractivity contribution in [3.8, 4) is 6.07 Å². The zero-order valence-corrected chi connectivity index (χ0v) is 12.3. The Morgan fingerprint density at radius 1 is 1.40 bits per heavy atom. The van der Waals surface area contributed by atoms with Gasteiger partial charge in [0.05, 0.1) is 11.3 Å². The Hall–Kier alpha value is -1.73. The lowest BCUT2D eigenvalue weighted by molar-refractivity contribution is -0.132. The molecular weight excluding hydrogens is 274 g/mol. The van der Waals surface area contributed by atoms with Gasteiger partial charge in [-0.1, -0.05) is 11.6 Å². The van der Waals surface area contributed by atoms with E-state index in [9.17, 15) is 4.79 Å². The van der Waals surface area contributed by atoms with Crippen molar-refractivity contribution in [2.24, 2.45) is 0 Å². The van der Waals surface area contributed by atoms with Crippen molar-refractivity contribution in [3.63, 3.8) is 0 Å². The first kappa shape index (κ1) is 14.7. The molecule has 1 atom stereocenters. The predicted octanol–water partition coefficient (Wildman–Crippen LogP) is 3.02. The van der Waals surface area contributed by atoms with Gasteiger partial charge in [0.25, 0.3) is 0 Å². The number of likely N-dealkylation sites (tertiary alicyclic amines) is 1. The van der Waals surface area contributed by atoms with E-state index in [1.54, 1.807) is 18.2 Å². The van der Waals surface area contributed by atoms with Crippen molar-refractivity contribution in [2.45, 2.75) is 32.2 Å². The van der Waals surface area contributed by atoms with Crippen molar-refractivity contribution in [1.29, 1.82) is 5.26 Å². The lowest BCUT2D eigenvalue weighted by Gasteiger charge is -2.29. The second-order valence-electron chi connectivity index (χ2n) is 5.05. The van der Waals surface area contributed by atoms with Gasteiger partial charge in [0.15, 0.2) is 0 Å². The standard InChI is InChI=1S/C15H18ClN3O/c1-11(15(20)19-7-3-2-4-8-19)18-14-9-13(16)6-5-12(14)10-17/h5-6,9,11,18H,2-4,7-8H2,1H3. The van der Waals surface area contributed by atoms with Crippen molar-refractivity contribution in [2.75, 3.05) is 18.4 Å². The molecular formula is C15H18ClN3O. The molecule has 0 saturated carbocycles. The van der Waals surface area contributed by atoms with E-state index in [1.165, 1.54) is 6.42 Å². The molecule has 0 bridgehead atoms. The molecule has 1 aliphatic heterocycles. The quantitative estimate of drug-likeness (QED) is 0.931. The highest BCUT2D eigenvalue weighted by atomic mass is 35.5. The van der Waals surface area contributed by atoms with Crippen LogP contribution in [0.25, 0.3) is 0 Å². The molecule has 2 rings (SSSR count). The lowest BCUT2D eigenvalue weighted by atomic mass is 10.1. The summed E-state index contributed by atoms with van der Waals surface area (Å²) in [5.41, 5.74) is 1.10. The van der Waals surface area contributed by atoms with Crippen LogP contribution in [-0.2, 0) is 4.79 Å². The molecule has 1 N–H and O–H groups in total. The summed E-state index contributed by atoms with van der Waals surface area (Å²) in [4.78, 5) is 14.2. The van der Waals surface area contributed by atoms with Gasteiger partial charge in [0.1, 0.15) is 12.1 Å². The third kappa shape index (κ3) is 3.43. The number of benzene rings is 1. The molecule has 1 saturated heterocycles. The third-order valence-corrected chi connectivity index (χ3v) is 3.75. The fraction of sp³-hybridized carbons (Fsp3) is 0.467. The Balaban J connectivity index is 2.07. The highest BCUT2D eigenvalue weighted by Gasteiger charge is 2.22. The minimum Gasteiger partial charge on any atom is -0.373 e. The van der Waals surface area contributed by atoms with E-state index in [0.29, 0.717) is 16.3 Å². The molecule has 4 nitrogen and oxygen atoms in total. The first-order chi connectivity index (χ1) is 9.61. The summed E-state index contributed by atoms with van der Waals surface area (Å²) in [5, 5.41) is 12.7. The van der Waals surface area contributed by atoms with Gasteiger partial charge >= 0.3 is 0 Å². The summed E-state index contributed by atoms with van der Waals surface area (Å²) in [7, 11) is 0. The second-order valence-corrected chi connectivity index (χ2v) is 5.49. The summed E-state index contributed by atoms with van der Waals surface area (Å²) in [5.74, 6) is 0.0774. The monoisotopic (exact) mass is 291 g/mol. The van der Waals surface area contributed by atoms with Crippen molar-refractivity contribution < 1.29 is 4.79 Å². The number of carbonyl (C=O) groups is 1. The van der Waals surface area contributed by atoms with Gasteiger partial charge in [-0.2, -0.15) is 5.26 Å². The minimum atomic E-state index is -0.362. The van der Waals surface area contributed by atoms with Gasteiger partial charge in [-0.25, -0.2) is 0 Å².